The molecule has 2 rings (SSSR count). The SMILES string of the molecule is O=C(Cc1c(F)cccc1Cl)NC[C@H](O)c1ccc([N+](=O)[O-])cc1. The zero-order chi connectivity index (χ0) is 17.7. The van der Waals surface area contributed by atoms with Crippen LogP contribution in [0.25, 0.3) is 0 Å². The maximum Gasteiger partial charge on any atom is 0.269 e. The number of benzene rings is 2. The molecule has 0 saturated carbocycles. The zero-order valence-corrected chi connectivity index (χ0v) is 13.2. The van der Waals surface area contributed by atoms with E-state index in [2.05, 4.69) is 5.32 Å². The fraction of sp³-hybridized carbons (Fsp3) is 0.188. The third-order valence-corrected chi connectivity index (χ3v) is 3.73. The Bertz CT molecular complexity index is 732. The van der Waals surface area contributed by atoms with Crippen molar-refractivity contribution >= 4 is 23.2 Å². The first-order valence-electron chi connectivity index (χ1n) is 7.00. The van der Waals surface area contributed by atoms with Crippen molar-refractivity contribution in [1.82, 2.24) is 5.32 Å². The molecular weight excluding hydrogens is 339 g/mol. The summed E-state index contributed by atoms with van der Waals surface area (Å²) in [5.74, 6) is -1.07. The summed E-state index contributed by atoms with van der Waals surface area (Å²) in [5.41, 5.74) is 0.412. The molecule has 0 aliphatic carbocycles. The summed E-state index contributed by atoms with van der Waals surface area (Å²) in [7, 11) is 0. The predicted octanol–water partition coefficient (Wildman–Crippen LogP) is 2.78. The van der Waals surface area contributed by atoms with Crippen LogP contribution in [-0.2, 0) is 11.2 Å². The lowest BCUT2D eigenvalue weighted by atomic mass is 10.1. The molecule has 126 valence electrons. The van der Waals surface area contributed by atoms with E-state index in [1.165, 1.54) is 42.5 Å². The molecule has 0 fully saturated rings. The number of nitro groups is 1. The van der Waals surface area contributed by atoms with Gasteiger partial charge >= 0.3 is 0 Å². The average Bonchev–Trinajstić information content (AvgIpc) is 2.56. The fourth-order valence-corrected chi connectivity index (χ4v) is 2.30. The summed E-state index contributed by atoms with van der Waals surface area (Å²) in [6.45, 7) is -0.108. The van der Waals surface area contributed by atoms with Crippen LogP contribution in [0.15, 0.2) is 42.5 Å². The van der Waals surface area contributed by atoms with Gasteiger partial charge in [-0.2, -0.15) is 0 Å². The van der Waals surface area contributed by atoms with E-state index in [1.807, 2.05) is 0 Å². The molecule has 0 spiro atoms. The van der Waals surface area contributed by atoms with Gasteiger partial charge in [0.05, 0.1) is 17.4 Å². The number of nitro benzene ring substituents is 1. The molecule has 1 amide bonds. The van der Waals surface area contributed by atoms with Crippen molar-refractivity contribution in [3.63, 3.8) is 0 Å². The van der Waals surface area contributed by atoms with Gasteiger partial charge in [0.2, 0.25) is 5.91 Å². The largest absolute Gasteiger partial charge is 0.387 e. The highest BCUT2D eigenvalue weighted by molar-refractivity contribution is 6.31. The van der Waals surface area contributed by atoms with E-state index in [0.717, 1.165) is 0 Å². The number of amides is 1. The Hall–Kier alpha value is -2.51. The summed E-state index contributed by atoms with van der Waals surface area (Å²) in [5, 5.41) is 23.2. The van der Waals surface area contributed by atoms with E-state index in [4.69, 9.17) is 11.6 Å². The van der Waals surface area contributed by atoms with Gasteiger partial charge in [-0.25, -0.2) is 4.39 Å². The van der Waals surface area contributed by atoms with E-state index in [9.17, 15) is 24.4 Å². The molecule has 24 heavy (non-hydrogen) atoms. The highest BCUT2D eigenvalue weighted by Crippen LogP contribution is 2.20. The smallest absolute Gasteiger partial charge is 0.269 e. The number of halogens is 2. The maximum absolute atomic E-state index is 13.6. The number of nitrogens with zero attached hydrogens (tertiary/aromatic N) is 1. The molecule has 0 radical (unpaired) electrons. The molecule has 0 unspecified atom stereocenters. The van der Waals surface area contributed by atoms with Gasteiger partial charge in [-0.15, -0.1) is 0 Å². The number of carbonyl (C=O) groups is 1. The molecule has 2 aromatic rings. The second-order valence-electron chi connectivity index (χ2n) is 5.05. The molecule has 0 heterocycles. The monoisotopic (exact) mass is 352 g/mol. The molecule has 2 N–H and O–H groups in total. The minimum Gasteiger partial charge on any atom is -0.387 e. The van der Waals surface area contributed by atoms with Gasteiger partial charge in [0.1, 0.15) is 5.82 Å². The van der Waals surface area contributed by atoms with Crippen LogP contribution in [0.5, 0.6) is 0 Å². The number of aliphatic hydroxyl groups is 1. The first-order chi connectivity index (χ1) is 11.4. The van der Waals surface area contributed by atoms with Gasteiger partial charge in [0.25, 0.3) is 5.69 Å². The Morgan fingerprint density at radius 1 is 1.29 bits per heavy atom. The Balaban J connectivity index is 1.92. The zero-order valence-electron chi connectivity index (χ0n) is 12.4. The molecule has 0 bridgehead atoms. The van der Waals surface area contributed by atoms with Crippen LogP contribution in [-0.4, -0.2) is 22.5 Å². The van der Waals surface area contributed by atoms with Crippen molar-refractivity contribution in [3.05, 3.63) is 74.5 Å². The molecule has 8 heteroatoms. The van der Waals surface area contributed by atoms with E-state index in [1.54, 1.807) is 0 Å². The Labute approximate surface area is 142 Å². The van der Waals surface area contributed by atoms with Gasteiger partial charge in [-0.1, -0.05) is 17.7 Å². The summed E-state index contributed by atoms with van der Waals surface area (Å²) in [6, 6.07) is 9.47. The number of hydrogen-bond donors (Lipinski definition) is 2. The maximum atomic E-state index is 13.6. The van der Waals surface area contributed by atoms with E-state index in [-0.39, 0.29) is 29.2 Å². The van der Waals surface area contributed by atoms with Crippen molar-refractivity contribution in [2.24, 2.45) is 0 Å². The van der Waals surface area contributed by atoms with Crippen LogP contribution < -0.4 is 5.32 Å². The van der Waals surface area contributed by atoms with Crippen LogP contribution in [0.2, 0.25) is 5.02 Å². The van der Waals surface area contributed by atoms with E-state index >= 15 is 0 Å². The van der Waals surface area contributed by atoms with Crippen LogP contribution in [0.3, 0.4) is 0 Å². The van der Waals surface area contributed by atoms with Gasteiger partial charge in [0.15, 0.2) is 0 Å². The average molecular weight is 353 g/mol. The van der Waals surface area contributed by atoms with Gasteiger partial charge < -0.3 is 10.4 Å². The van der Waals surface area contributed by atoms with Crippen LogP contribution >= 0.6 is 11.6 Å². The first-order valence-corrected chi connectivity index (χ1v) is 7.38. The highest BCUT2D eigenvalue weighted by Gasteiger charge is 2.14. The van der Waals surface area contributed by atoms with Crippen LogP contribution in [0, 0.1) is 15.9 Å². The highest BCUT2D eigenvalue weighted by atomic mass is 35.5. The quantitative estimate of drug-likeness (QED) is 0.617. The molecule has 6 nitrogen and oxygen atoms in total. The second-order valence-corrected chi connectivity index (χ2v) is 5.45. The number of rotatable bonds is 6. The van der Waals surface area contributed by atoms with Crippen molar-refractivity contribution < 1.29 is 19.2 Å². The number of carbonyl (C=O) groups excluding carboxylic acids is 1. The molecular formula is C16H14ClFN2O4. The van der Waals surface area contributed by atoms with Crippen molar-refractivity contribution in [3.8, 4) is 0 Å². The van der Waals surface area contributed by atoms with E-state index < -0.39 is 22.8 Å². The summed E-state index contributed by atoms with van der Waals surface area (Å²) in [4.78, 5) is 21.9. The molecule has 2 aromatic carbocycles. The number of aliphatic hydroxyl groups excluding tert-OH is 1. The van der Waals surface area contributed by atoms with Gasteiger partial charge in [-0.05, 0) is 29.8 Å². The molecule has 1 atom stereocenters. The normalized spacial score (nSPS) is 11.8. The first kappa shape index (κ1) is 17.8. The minimum absolute atomic E-state index is 0.0847. The Kier molecular flexibility index (Phi) is 5.83. The van der Waals surface area contributed by atoms with Crippen LogP contribution in [0.4, 0.5) is 10.1 Å². The lowest BCUT2D eigenvalue weighted by Gasteiger charge is -2.12. The lowest BCUT2D eigenvalue weighted by molar-refractivity contribution is -0.384. The summed E-state index contributed by atoms with van der Waals surface area (Å²) in [6.07, 6.45) is -1.29. The fourth-order valence-electron chi connectivity index (χ4n) is 2.07. The van der Waals surface area contributed by atoms with Crippen molar-refractivity contribution in [1.29, 1.82) is 0 Å². The van der Waals surface area contributed by atoms with Gasteiger partial charge in [-0.3, -0.25) is 14.9 Å². The molecule has 0 aliphatic rings. The third kappa shape index (κ3) is 4.50. The van der Waals surface area contributed by atoms with Crippen molar-refractivity contribution in [2.45, 2.75) is 12.5 Å². The van der Waals surface area contributed by atoms with Crippen LogP contribution in [0.1, 0.15) is 17.2 Å². The lowest BCUT2D eigenvalue weighted by Crippen LogP contribution is -2.30. The predicted molar refractivity (Wildman–Crippen MR) is 86.2 cm³/mol. The molecule has 0 aliphatic heterocycles. The number of hydrogen-bond acceptors (Lipinski definition) is 4. The standard InChI is InChI=1S/C16H14ClFN2O4/c17-13-2-1-3-14(18)12(13)8-16(22)19-9-15(21)10-4-6-11(7-5-10)20(23)24/h1-7,15,21H,8-9H2,(H,19,22)/t15-/m0/s1. The number of nitrogens with one attached hydrogen (secondary N) is 1. The van der Waals surface area contributed by atoms with Gasteiger partial charge in [0, 0.05) is 29.3 Å². The molecule has 0 saturated heterocycles. The topological polar surface area (TPSA) is 92.5 Å². The van der Waals surface area contributed by atoms with Crippen molar-refractivity contribution in [2.75, 3.05) is 6.54 Å². The van der Waals surface area contributed by atoms with E-state index in [0.29, 0.717) is 5.56 Å². The Morgan fingerprint density at radius 2 is 1.96 bits per heavy atom. The second kappa shape index (κ2) is 7.85. The summed E-state index contributed by atoms with van der Waals surface area (Å²) >= 11 is 5.85. The molecule has 0 aromatic heterocycles. The third-order valence-electron chi connectivity index (χ3n) is 3.38. The minimum atomic E-state index is -1.04. The number of non-ortho nitro benzene ring substituents is 1. The Morgan fingerprint density at radius 3 is 2.54 bits per heavy atom. The summed E-state index contributed by atoms with van der Waals surface area (Å²) < 4.78 is 13.6.